The van der Waals surface area contributed by atoms with Gasteiger partial charge in [-0.2, -0.15) is 0 Å². The second kappa shape index (κ2) is 7.94. The minimum Gasteiger partial charge on any atom is -0.492 e. The van der Waals surface area contributed by atoms with Crippen LogP contribution in [0.2, 0.25) is 0 Å². The van der Waals surface area contributed by atoms with Crippen LogP contribution in [0, 0.1) is 11.8 Å². The zero-order chi connectivity index (χ0) is 10.2. The van der Waals surface area contributed by atoms with E-state index in [0.29, 0.717) is 0 Å². The topological polar surface area (TPSA) is 9.23 Å². The Balaban J connectivity index is 0.00000196. The van der Waals surface area contributed by atoms with Crippen molar-refractivity contribution in [1.82, 2.24) is 0 Å². The van der Waals surface area contributed by atoms with E-state index in [4.69, 9.17) is 4.74 Å². The van der Waals surface area contributed by atoms with Crippen molar-refractivity contribution in [3.63, 3.8) is 0 Å². The molecular weight excluding hydrogens is 184 g/mol. The summed E-state index contributed by atoms with van der Waals surface area (Å²) in [5, 5.41) is 0. The second-order valence-electron chi connectivity index (χ2n) is 3.00. The highest BCUT2D eigenvalue weighted by Crippen LogP contribution is 2.16. The van der Waals surface area contributed by atoms with Gasteiger partial charge in [-0.25, -0.2) is 0 Å². The second-order valence-corrected chi connectivity index (χ2v) is 3.00. The Morgan fingerprint density at radius 2 is 1.93 bits per heavy atom. The van der Waals surface area contributed by atoms with Crippen LogP contribution in [0.1, 0.15) is 39.7 Å². The van der Waals surface area contributed by atoms with E-state index in [1.807, 2.05) is 31.2 Å². The Hall–Kier alpha value is -1.42. The fourth-order valence-corrected chi connectivity index (χ4v) is 1.09. The predicted molar refractivity (Wildman–Crippen MR) is 66.1 cm³/mol. The highest BCUT2D eigenvalue weighted by molar-refractivity contribution is 5.45. The summed E-state index contributed by atoms with van der Waals surface area (Å²) in [6.45, 7) is 4.90. The molecule has 0 aromatic heterocycles. The smallest absolute Gasteiger partial charge is 0.134 e. The van der Waals surface area contributed by atoms with Crippen LogP contribution < -0.4 is 4.74 Å². The van der Waals surface area contributed by atoms with Gasteiger partial charge < -0.3 is 4.74 Å². The molecule has 0 saturated heterocycles. The minimum absolute atomic E-state index is 0. The molecule has 0 atom stereocenters. The maximum Gasteiger partial charge on any atom is 0.134 e. The summed E-state index contributed by atoms with van der Waals surface area (Å²) in [6.07, 6.45) is 1.90. The molecule has 0 fully saturated rings. The van der Waals surface area contributed by atoms with Gasteiger partial charge in [0, 0.05) is 6.42 Å². The van der Waals surface area contributed by atoms with Crippen LogP contribution in [0.15, 0.2) is 24.3 Å². The molecule has 1 rings (SSSR count). The van der Waals surface area contributed by atoms with Gasteiger partial charge in [-0.15, -0.1) is 0 Å². The number of rotatable bonds is 3. The maximum atomic E-state index is 5.58. The first kappa shape index (κ1) is 13.6. The van der Waals surface area contributed by atoms with Gasteiger partial charge in [-0.3, -0.25) is 0 Å². The molecule has 1 aromatic carbocycles. The van der Waals surface area contributed by atoms with Crippen LogP contribution in [0.4, 0.5) is 0 Å². The zero-order valence-electron chi connectivity index (χ0n) is 8.84. The van der Waals surface area contributed by atoms with Crippen molar-refractivity contribution >= 4 is 0 Å². The first-order chi connectivity index (χ1) is 6.88. The van der Waals surface area contributed by atoms with Gasteiger partial charge in [0.25, 0.3) is 0 Å². The first-order valence-electron chi connectivity index (χ1n) is 5.09. The molecule has 1 nitrogen and oxygen atoms in total. The van der Waals surface area contributed by atoms with E-state index in [0.717, 1.165) is 30.8 Å². The molecule has 0 aliphatic rings. The highest BCUT2D eigenvalue weighted by Gasteiger charge is 1.97. The van der Waals surface area contributed by atoms with E-state index in [9.17, 15) is 0 Å². The van der Waals surface area contributed by atoms with Gasteiger partial charge in [-0.05, 0) is 18.6 Å². The van der Waals surface area contributed by atoms with Crippen molar-refractivity contribution in [2.45, 2.75) is 34.1 Å². The SMILES string of the molecule is C.CCC#Cc1ccccc1OCCC. The summed E-state index contributed by atoms with van der Waals surface area (Å²) in [7, 11) is 0. The average molecular weight is 204 g/mol. The van der Waals surface area contributed by atoms with Crippen molar-refractivity contribution in [2.75, 3.05) is 6.61 Å². The number of ether oxygens (including phenoxy) is 1. The third kappa shape index (κ3) is 4.56. The van der Waals surface area contributed by atoms with Crippen molar-refractivity contribution in [3.05, 3.63) is 29.8 Å². The Kier molecular flexibility index (Phi) is 7.18. The molecule has 15 heavy (non-hydrogen) atoms. The van der Waals surface area contributed by atoms with Crippen LogP contribution in [0.25, 0.3) is 0 Å². The van der Waals surface area contributed by atoms with E-state index in [1.54, 1.807) is 0 Å². The lowest BCUT2D eigenvalue weighted by Crippen LogP contribution is -1.96. The Morgan fingerprint density at radius 3 is 2.60 bits per heavy atom. The zero-order valence-corrected chi connectivity index (χ0v) is 8.84. The Bertz CT molecular complexity index is 331. The van der Waals surface area contributed by atoms with E-state index in [2.05, 4.69) is 18.8 Å². The largest absolute Gasteiger partial charge is 0.492 e. The van der Waals surface area contributed by atoms with Crippen LogP contribution in [-0.4, -0.2) is 6.61 Å². The van der Waals surface area contributed by atoms with Crippen LogP contribution >= 0.6 is 0 Å². The van der Waals surface area contributed by atoms with Gasteiger partial charge in [0.15, 0.2) is 0 Å². The Labute approximate surface area is 93.5 Å². The normalized spacial score (nSPS) is 8.40. The standard InChI is InChI=1S/C13H16O.CH4/c1-3-5-8-12-9-6-7-10-13(12)14-11-4-2;/h6-7,9-10H,3-4,11H2,1-2H3;1H4. The molecule has 0 aliphatic heterocycles. The van der Waals surface area contributed by atoms with E-state index in [1.165, 1.54) is 0 Å². The summed E-state index contributed by atoms with van der Waals surface area (Å²) in [5.74, 6) is 7.05. The first-order valence-corrected chi connectivity index (χ1v) is 5.09. The molecule has 0 heterocycles. The van der Waals surface area contributed by atoms with Gasteiger partial charge in [-0.1, -0.05) is 45.2 Å². The quantitative estimate of drug-likeness (QED) is 0.679. The molecule has 0 aliphatic carbocycles. The fourth-order valence-electron chi connectivity index (χ4n) is 1.09. The van der Waals surface area contributed by atoms with Gasteiger partial charge >= 0.3 is 0 Å². The molecule has 0 unspecified atom stereocenters. The summed E-state index contributed by atoms with van der Waals surface area (Å²) < 4.78 is 5.58. The minimum atomic E-state index is 0. The summed E-state index contributed by atoms with van der Waals surface area (Å²) in [5.41, 5.74) is 0.989. The molecule has 82 valence electrons. The number of para-hydroxylation sites is 1. The molecule has 1 heteroatoms. The van der Waals surface area contributed by atoms with E-state index < -0.39 is 0 Å². The third-order valence-corrected chi connectivity index (χ3v) is 1.75. The molecule has 0 bridgehead atoms. The van der Waals surface area contributed by atoms with Gasteiger partial charge in [0.1, 0.15) is 5.75 Å². The molecule has 0 N–H and O–H groups in total. The highest BCUT2D eigenvalue weighted by atomic mass is 16.5. The molecule has 0 radical (unpaired) electrons. The third-order valence-electron chi connectivity index (χ3n) is 1.75. The lowest BCUT2D eigenvalue weighted by molar-refractivity contribution is 0.316. The monoisotopic (exact) mass is 204 g/mol. The number of benzene rings is 1. The fraction of sp³-hybridized carbons (Fsp3) is 0.429. The van der Waals surface area contributed by atoms with Crippen molar-refractivity contribution < 1.29 is 4.74 Å². The van der Waals surface area contributed by atoms with Crippen molar-refractivity contribution in [3.8, 4) is 17.6 Å². The van der Waals surface area contributed by atoms with Crippen LogP contribution in [0.3, 0.4) is 0 Å². The van der Waals surface area contributed by atoms with E-state index >= 15 is 0 Å². The molecule has 0 amide bonds. The predicted octanol–water partition coefficient (Wildman–Crippen LogP) is 3.87. The number of hydrogen-bond acceptors (Lipinski definition) is 1. The summed E-state index contributed by atoms with van der Waals surface area (Å²) in [4.78, 5) is 0. The van der Waals surface area contributed by atoms with E-state index in [-0.39, 0.29) is 7.43 Å². The summed E-state index contributed by atoms with van der Waals surface area (Å²) in [6, 6.07) is 7.92. The lowest BCUT2D eigenvalue weighted by atomic mass is 10.2. The van der Waals surface area contributed by atoms with Crippen LogP contribution in [-0.2, 0) is 0 Å². The molecule has 0 saturated carbocycles. The van der Waals surface area contributed by atoms with Gasteiger partial charge in [0.05, 0.1) is 12.2 Å². The molecular formula is C14H20O. The summed E-state index contributed by atoms with van der Waals surface area (Å²) >= 11 is 0. The lowest BCUT2D eigenvalue weighted by Gasteiger charge is -2.05. The van der Waals surface area contributed by atoms with Crippen molar-refractivity contribution in [1.29, 1.82) is 0 Å². The Morgan fingerprint density at radius 1 is 1.20 bits per heavy atom. The van der Waals surface area contributed by atoms with Crippen LogP contribution in [0.5, 0.6) is 5.75 Å². The molecule has 0 spiro atoms. The number of hydrogen-bond donors (Lipinski definition) is 0. The maximum absolute atomic E-state index is 5.58. The van der Waals surface area contributed by atoms with Gasteiger partial charge in [0.2, 0.25) is 0 Å². The molecule has 1 aromatic rings. The van der Waals surface area contributed by atoms with Crippen molar-refractivity contribution in [2.24, 2.45) is 0 Å². The average Bonchev–Trinajstić information content (AvgIpc) is 2.24.